The average Bonchev–Trinajstić information content (AvgIpc) is 2.95. The number of benzene rings is 2. The van der Waals surface area contributed by atoms with E-state index < -0.39 is 16.0 Å². The molecule has 0 spiro atoms. The molecule has 26 heavy (non-hydrogen) atoms. The summed E-state index contributed by atoms with van der Waals surface area (Å²) in [5, 5.41) is 9.56. The summed E-state index contributed by atoms with van der Waals surface area (Å²) in [4.78, 5) is 10.9. The molecule has 0 fully saturated rings. The Hall–Kier alpha value is -2.09. The first kappa shape index (κ1) is 18.7. The first-order valence-electron chi connectivity index (χ1n) is 7.99. The van der Waals surface area contributed by atoms with Gasteiger partial charge in [0, 0.05) is 11.1 Å². The van der Waals surface area contributed by atoms with Gasteiger partial charge in [0.2, 0.25) is 10.0 Å². The molecule has 3 rings (SSSR count). The maximum Gasteiger partial charge on any atom is 0.307 e. The van der Waals surface area contributed by atoms with Crippen LogP contribution in [0.15, 0.2) is 41.3 Å². The van der Waals surface area contributed by atoms with Crippen molar-refractivity contribution >= 4 is 27.6 Å². The lowest BCUT2D eigenvalue weighted by atomic mass is 10.1. The summed E-state index contributed by atoms with van der Waals surface area (Å²) in [7, 11) is -2.53. The Morgan fingerprint density at radius 2 is 2.08 bits per heavy atom. The van der Waals surface area contributed by atoms with Crippen LogP contribution in [0.3, 0.4) is 0 Å². The summed E-state index contributed by atoms with van der Waals surface area (Å²) in [5.41, 5.74) is 2.31. The zero-order valence-corrected chi connectivity index (χ0v) is 15.6. The highest BCUT2D eigenvalue weighted by Gasteiger charge is 2.29. The molecule has 0 aliphatic heterocycles. The van der Waals surface area contributed by atoms with E-state index in [0.29, 0.717) is 17.0 Å². The van der Waals surface area contributed by atoms with Gasteiger partial charge < -0.3 is 9.84 Å². The second kappa shape index (κ2) is 7.26. The third-order valence-corrected chi connectivity index (χ3v) is 6.08. The van der Waals surface area contributed by atoms with Crippen molar-refractivity contribution in [3.63, 3.8) is 0 Å². The van der Waals surface area contributed by atoms with E-state index in [9.17, 15) is 13.2 Å². The normalized spacial score (nSPS) is 16.3. The van der Waals surface area contributed by atoms with E-state index in [2.05, 4.69) is 4.72 Å². The number of fused-ring (bicyclic) bond motifs is 1. The predicted molar refractivity (Wildman–Crippen MR) is 97.2 cm³/mol. The molecule has 2 aromatic carbocycles. The van der Waals surface area contributed by atoms with Gasteiger partial charge in [-0.2, -0.15) is 0 Å². The van der Waals surface area contributed by atoms with Crippen LogP contribution < -0.4 is 9.46 Å². The molecule has 2 aromatic rings. The minimum Gasteiger partial charge on any atom is -0.495 e. The first-order chi connectivity index (χ1) is 12.3. The van der Waals surface area contributed by atoms with E-state index in [1.807, 2.05) is 12.1 Å². The average molecular weight is 396 g/mol. The number of nitrogens with one attached hydrogen (secondary N) is 1. The number of aryl methyl sites for hydroxylation is 1. The van der Waals surface area contributed by atoms with E-state index in [0.717, 1.165) is 17.5 Å². The molecule has 8 heteroatoms. The van der Waals surface area contributed by atoms with Gasteiger partial charge in [-0.1, -0.05) is 23.7 Å². The van der Waals surface area contributed by atoms with Crippen LogP contribution in [0.25, 0.3) is 0 Å². The van der Waals surface area contributed by atoms with Crippen LogP contribution in [0.1, 0.15) is 29.2 Å². The third kappa shape index (κ3) is 3.85. The van der Waals surface area contributed by atoms with Gasteiger partial charge in [0.05, 0.1) is 13.5 Å². The number of rotatable bonds is 6. The summed E-state index contributed by atoms with van der Waals surface area (Å²) in [5.74, 6) is -0.867. The number of ether oxygens (including phenoxy) is 1. The Morgan fingerprint density at radius 3 is 2.77 bits per heavy atom. The van der Waals surface area contributed by atoms with Gasteiger partial charge in [-0.15, -0.1) is 0 Å². The molecule has 1 atom stereocenters. The highest BCUT2D eigenvalue weighted by atomic mass is 35.5. The molecular weight excluding hydrogens is 378 g/mol. The molecule has 138 valence electrons. The number of aliphatic carboxylic acids is 1. The Morgan fingerprint density at radius 1 is 1.31 bits per heavy atom. The molecule has 0 bridgehead atoms. The molecule has 0 radical (unpaired) electrons. The fraction of sp³-hybridized carbons (Fsp3) is 0.278. The minimum atomic E-state index is -3.90. The number of hydrogen-bond acceptors (Lipinski definition) is 4. The lowest BCUT2D eigenvalue weighted by Gasteiger charge is -2.17. The van der Waals surface area contributed by atoms with Gasteiger partial charge in [-0.3, -0.25) is 4.79 Å². The number of sulfonamides is 1. The molecule has 0 saturated carbocycles. The van der Waals surface area contributed by atoms with Crippen molar-refractivity contribution in [1.82, 2.24) is 4.72 Å². The molecule has 0 amide bonds. The van der Waals surface area contributed by atoms with Gasteiger partial charge >= 0.3 is 5.97 Å². The number of hydrogen-bond donors (Lipinski definition) is 2. The molecule has 0 saturated heterocycles. The smallest absolute Gasteiger partial charge is 0.307 e. The Bertz CT molecular complexity index is 958. The third-order valence-electron chi connectivity index (χ3n) is 4.35. The zero-order chi connectivity index (χ0) is 18.9. The fourth-order valence-electron chi connectivity index (χ4n) is 3.17. The number of carboxylic acids is 1. The number of methoxy groups -OCH3 is 1. The standard InChI is InChI=1S/C18H18ClNO5S/c1-25-16-7-2-11(9-18(21)22)8-17(16)26(23,24)20-15-6-3-12-10-13(19)4-5-14(12)15/h2,4-5,7-8,10,15,20H,3,6,9H2,1H3,(H,21,22)/t15-/m1/s1. The number of carboxylic acid groups (broad SMARTS) is 1. The first-order valence-corrected chi connectivity index (χ1v) is 9.85. The van der Waals surface area contributed by atoms with Crippen LogP contribution in [0, 0.1) is 0 Å². The second-order valence-electron chi connectivity index (χ2n) is 6.11. The van der Waals surface area contributed by atoms with Crippen LogP contribution in [0.2, 0.25) is 5.02 Å². The van der Waals surface area contributed by atoms with Gasteiger partial charge in [-0.25, -0.2) is 13.1 Å². The van der Waals surface area contributed by atoms with Gasteiger partial charge in [0.25, 0.3) is 0 Å². The zero-order valence-electron chi connectivity index (χ0n) is 14.0. The Kier molecular flexibility index (Phi) is 5.22. The molecule has 1 aliphatic carbocycles. The predicted octanol–water partition coefficient (Wildman–Crippen LogP) is 2.94. The van der Waals surface area contributed by atoms with Gasteiger partial charge in [0.1, 0.15) is 10.6 Å². The lowest BCUT2D eigenvalue weighted by Crippen LogP contribution is -2.28. The van der Waals surface area contributed by atoms with Gasteiger partial charge in [-0.05, 0) is 53.8 Å². The lowest BCUT2D eigenvalue weighted by molar-refractivity contribution is -0.136. The fourth-order valence-corrected chi connectivity index (χ4v) is 4.84. The Labute approximate surface area is 156 Å². The SMILES string of the molecule is COc1ccc(CC(=O)O)cc1S(=O)(=O)N[C@@H]1CCc2cc(Cl)ccc21. The summed E-state index contributed by atoms with van der Waals surface area (Å²) >= 11 is 6.00. The highest BCUT2D eigenvalue weighted by molar-refractivity contribution is 7.89. The molecular formula is C18H18ClNO5S. The number of carbonyl (C=O) groups is 1. The summed E-state index contributed by atoms with van der Waals surface area (Å²) in [6.45, 7) is 0. The summed E-state index contributed by atoms with van der Waals surface area (Å²) in [6.07, 6.45) is 1.10. The maximum atomic E-state index is 12.9. The minimum absolute atomic E-state index is 0.0684. The number of halogens is 1. The van der Waals surface area contributed by atoms with E-state index in [-0.39, 0.29) is 23.1 Å². The highest BCUT2D eigenvalue weighted by Crippen LogP contribution is 2.35. The topological polar surface area (TPSA) is 92.7 Å². The Balaban J connectivity index is 1.93. The van der Waals surface area contributed by atoms with Crippen molar-refractivity contribution in [3.05, 3.63) is 58.1 Å². The molecule has 1 aliphatic rings. The quantitative estimate of drug-likeness (QED) is 0.784. The van der Waals surface area contributed by atoms with Crippen LogP contribution >= 0.6 is 11.6 Å². The van der Waals surface area contributed by atoms with E-state index in [1.54, 1.807) is 12.1 Å². The van der Waals surface area contributed by atoms with Crippen molar-refractivity contribution in [2.45, 2.75) is 30.2 Å². The molecule has 0 aromatic heterocycles. The van der Waals surface area contributed by atoms with Gasteiger partial charge in [0.15, 0.2) is 0 Å². The van der Waals surface area contributed by atoms with Crippen molar-refractivity contribution in [1.29, 1.82) is 0 Å². The molecule has 0 unspecified atom stereocenters. The summed E-state index contributed by atoms with van der Waals surface area (Å²) in [6, 6.07) is 9.40. The molecule has 2 N–H and O–H groups in total. The van der Waals surface area contributed by atoms with Crippen molar-refractivity contribution in [2.75, 3.05) is 7.11 Å². The van der Waals surface area contributed by atoms with E-state index in [4.69, 9.17) is 21.4 Å². The molecule has 6 nitrogen and oxygen atoms in total. The van der Waals surface area contributed by atoms with Crippen LogP contribution in [0.4, 0.5) is 0 Å². The largest absolute Gasteiger partial charge is 0.495 e. The van der Waals surface area contributed by atoms with Crippen molar-refractivity contribution in [3.8, 4) is 5.75 Å². The van der Waals surface area contributed by atoms with Crippen molar-refractivity contribution < 1.29 is 23.1 Å². The van der Waals surface area contributed by atoms with Crippen LogP contribution in [-0.4, -0.2) is 26.6 Å². The second-order valence-corrected chi connectivity index (χ2v) is 8.23. The van der Waals surface area contributed by atoms with E-state index in [1.165, 1.54) is 19.2 Å². The summed E-state index contributed by atoms with van der Waals surface area (Å²) < 4.78 is 33.7. The van der Waals surface area contributed by atoms with E-state index >= 15 is 0 Å². The van der Waals surface area contributed by atoms with Crippen molar-refractivity contribution in [2.24, 2.45) is 0 Å². The maximum absolute atomic E-state index is 12.9. The van der Waals surface area contributed by atoms with Crippen LogP contribution in [0.5, 0.6) is 5.75 Å². The van der Waals surface area contributed by atoms with Crippen LogP contribution in [-0.2, 0) is 27.7 Å². The molecule has 0 heterocycles. The monoisotopic (exact) mass is 395 g/mol.